The maximum Gasteiger partial charge on any atom is 0.416 e. The Hall–Kier alpha value is -3.81. The molecular formula is C22H21F3N4O4. The number of carbonyl (C=O) groups is 3. The van der Waals surface area contributed by atoms with Crippen LogP contribution in [0.15, 0.2) is 48.2 Å². The zero-order valence-electron chi connectivity index (χ0n) is 17.7. The molecule has 2 aliphatic heterocycles. The molecule has 4 N–H and O–H groups in total. The second-order valence-corrected chi connectivity index (χ2v) is 8.04. The molecular weight excluding hydrogens is 441 g/mol. The highest BCUT2D eigenvalue weighted by molar-refractivity contribution is 5.96. The molecule has 2 heterocycles. The van der Waals surface area contributed by atoms with Gasteiger partial charge in [0.2, 0.25) is 11.8 Å². The Labute approximate surface area is 187 Å². The average Bonchev–Trinajstić information content (AvgIpc) is 3.03. The van der Waals surface area contributed by atoms with E-state index in [9.17, 15) is 32.8 Å². The lowest BCUT2D eigenvalue weighted by Crippen LogP contribution is -2.48. The van der Waals surface area contributed by atoms with Crippen molar-refractivity contribution >= 4 is 17.8 Å². The Bertz CT molecular complexity index is 1110. The fourth-order valence-electron chi connectivity index (χ4n) is 4.46. The molecule has 11 heteroatoms. The molecule has 33 heavy (non-hydrogen) atoms. The third-order valence-corrected chi connectivity index (χ3v) is 5.73. The molecule has 0 aliphatic carbocycles. The first-order chi connectivity index (χ1) is 15.4. The molecule has 0 saturated carbocycles. The van der Waals surface area contributed by atoms with Crippen molar-refractivity contribution in [2.24, 2.45) is 16.9 Å². The van der Waals surface area contributed by atoms with Gasteiger partial charge in [0.1, 0.15) is 6.04 Å². The maximum atomic E-state index is 13.9. The van der Waals surface area contributed by atoms with Gasteiger partial charge in [0.15, 0.2) is 5.41 Å². The molecule has 3 rings (SSSR count). The van der Waals surface area contributed by atoms with E-state index in [1.54, 1.807) is 6.07 Å². The van der Waals surface area contributed by atoms with Crippen molar-refractivity contribution < 1.29 is 32.3 Å². The fourth-order valence-corrected chi connectivity index (χ4v) is 4.46. The van der Waals surface area contributed by atoms with Gasteiger partial charge >= 0.3 is 12.1 Å². The van der Waals surface area contributed by atoms with Crippen molar-refractivity contribution in [1.82, 2.24) is 4.90 Å². The molecule has 4 atom stereocenters. The van der Waals surface area contributed by atoms with Crippen LogP contribution >= 0.6 is 0 Å². The molecule has 1 saturated heterocycles. The van der Waals surface area contributed by atoms with Gasteiger partial charge in [-0.2, -0.15) is 18.4 Å². The summed E-state index contributed by atoms with van der Waals surface area (Å²) in [6, 6.07) is 3.31. The number of carbonyl (C=O) groups excluding carboxylic acids is 3. The molecule has 0 aromatic heterocycles. The standard InChI is InChI=1S/C22H21F3N4O4/c1-11(2)33-19(31)17-16(13-5-3-4-6-14(13)22(23,24)25)21(10-26,20(28)32)15-8-7-12(18(27)30)9-29(15)17/h3-9,11,15-17H,1-2H3,(H2,27,30)(H2,28,32). The number of benzene rings is 1. The van der Waals surface area contributed by atoms with Gasteiger partial charge in [-0.3, -0.25) is 9.59 Å². The van der Waals surface area contributed by atoms with Crippen molar-refractivity contribution in [3.05, 3.63) is 59.3 Å². The normalized spacial score (nSPS) is 26.4. The van der Waals surface area contributed by atoms with Crippen LogP contribution in [0.2, 0.25) is 0 Å². The summed E-state index contributed by atoms with van der Waals surface area (Å²) in [5.41, 5.74) is 7.00. The number of halogens is 3. The summed E-state index contributed by atoms with van der Waals surface area (Å²) in [6.07, 6.45) is -1.86. The Morgan fingerprint density at radius 2 is 1.85 bits per heavy atom. The zero-order valence-corrected chi connectivity index (χ0v) is 17.7. The van der Waals surface area contributed by atoms with Crippen LogP contribution in [0, 0.1) is 16.7 Å². The van der Waals surface area contributed by atoms with Gasteiger partial charge in [0, 0.05) is 12.1 Å². The van der Waals surface area contributed by atoms with E-state index in [1.807, 2.05) is 0 Å². The number of amides is 2. The lowest BCUT2D eigenvalue weighted by molar-refractivity contribution is -0.153. The van der Waals surface area contributed by atoms with Gasteiger partial charge in [-0.1, -0.05) is 24.3 Å². The second kappa shape index (κ2) is 8.27. The van der Waals surface area contributed by atoms with Crippen molar-refractivity contribution in [3.63, 3.8) is 0 Å². The summed E-state index contributed by atoms with van der Waals surface area (Å²) in [5, 5.41) is 10.2. The van der Waals surface area contributed by atoms with Crippen molar-refractivity contribution in [2.45, 2.75) is 44.1 Å². The van der Waals surface area contributed by atoms with E-state index in [-0.39, 0.29) is 5.57 Å². The van der Waals surface area contributed by atoms with Crippen LogP contribution < -0.4 is 11.5 Å². The molecule has 1 aromatic carbocycles. The van der Waals surface area contributed by atoms with Crippen molar-refractivity contribution in [3.8, 4) is 6.07 Å². The number of rotatable bonds is 5. The molecule has 0 radical (unpaired) electrons. The topological polar surface area (TPSA) is 140 Å². The predicted molar refractivity (Wildman–Crippen MR) is 108 cm³/mol. The highest BCUT2D eigenvalue weighted by Crippen LogP contribution is 2.55. The molecule has 8 nitrogen and oxygen atoms in total. The molecule has 2 amide bonds. The van der Waals surface area contributed by atoms with E-state index in [2.05, 4.69) is 0 Å². The summed E-state index contributed by atoms with van der Waals surface area (Å²) in [6.45, 7) is 3.07. The van der Waals surface area contributed by atoms with Crippen molar-refractivity contribution in [1.29, 1.82) is 5.26 Å². The smallest absolute Gasteiger partial charge is 0.416 e. The highest BCUT2D eigenvalue weighted by Gasteiger charge is 2.66. The highest BCUT2D eigenvalue weighted by atomic mass is 19.4. The largest absolute Gasteiger partial charge is 0.461 e. The van der Waals surface area contributed by atoms with E-state index in [0.29, 0.717) is 0 Å². The number of nitriles is 1. The lowest BCUT2D eigenvalue weighted by atomic mass is 9.67. The van der Waals surface area contributed by atoms with E-state index in [1.165, 1.54) is 32.1 Å². The average molecular weight is 462 g/mol. The number of nitrogens with two attached hydrogens (primary N) is 2. The lowest BCUT2D eigenvalue weighted by Gasteiger charge is -2.32. The summed E-state index contributed by atoms with van der Waals surface area (Å²) in [4.78, 5) is 38.9. The summed E-state index contributed by atoms with van der Waals surface area (Å²) < 4.78 is 47.0. The molecule has 1 aromatic rings. The minimum atomic E-state index is -4.85. The summed E-state index contributed by atoms with van der Waals surface area (Å²) >= 11 is 0. The number of alkyl halides is 3. The Kier molecular flexibility index (Phi) is 5.98. The quantitative estimate of drug-likeness (QED) is 0.639. The summed E-state index contributed by atoms with van der Waals surface area (Å²) in [7, 11) is 0. The predicted octanol–water partition coefficient (Wildman–Crippen LogP) is 1.73. The first-order valence-electron chi connectivity index (χ1n) is 9.91. The number of nitrogens with zero attached hydrogens (tertiary/aromatic N) is 2. The molecule has 0 bridgehead atoms. The minimum Gasteiger partial charge on any atom is -0.461 e. The van der Waals surface area contributed by atoms with Crippen LogP contribution in [-0.2, 0) is 25.3 Å². The number of hydrogen-bond donors (Lipinski definition) is 2. The van der Waals surface area contributed by atoms with Crippen LogP contribution in [-0.4, -0.2) is 40.9 Å². The number of primary amides is 2. The number of ether oxygens (including phenoxy) is 1. The van der Waals surface area contributed by atoms with E-state index in [0.717, 1.165) is 29.3 Å². The maximum absolute atomic E-state index is 13.9. The zero-order chi connectivity index (χ0) is 24.7. The van der Waals surface area contributed by atoms with Gasteiger partial charge in [0.05, 0.1) is 29.4 Å². The van der Waals surface area contributed by atoms with Crippen LogP contribution in [0.5, 0.6) is 0 Å². The second-order valence-electron chi connectivity index (χ2n) is 8.04. The summed E-state index contributed by atoms with van der Waals surface area (Å²) in [5.74, 6) is -4.74. The Morgan fingerprint density at radius 1 is 1.21 bits per heavy atom. The van der Waals surface area contributed by atoms with Gasteiger partial charge < -0.3 is 21.1 Å². The van der Waals surface area contributed by atoms with E-state index >= 15 is 0 Å². The van der Waals surface area contributed by atoms with E-state index in [4.69, 9.17) is 16.2 Å². The molecule has 2 aliphatic rings. The van der Waals surface area contributed by atoms with Gasteiger partial charge in [-0.05, 0) is 31.6 Å². The third-order valence-electron chi connectivity index (χ3n) is 5.73. The van der Waals surface area contributed by atoms with Crippen LogP contribution in [0.4, 0.5) is 13.2 Å². The van der Waals surface area contributed by atoms with Crippen LogP contribution in [0.3, 0.4) is 0 Å². The Morgan fingerprint density at radius 3 is 2.36 bits per heavy atom. The fraction of sp³-hybridized carbons (Fsp3) is 0.364. The number of esters is 1. The Balaban J connectivity index is 2.37. The van der Waals surface area contributed by atoms with Gasteiger partial charge in [0.25, 0.3) is 0 Å². The van der Waals surface area contributed by atoms with Crippen molar-refractivity contribution in [2.75, 3.05) is 0 Å². The van der Waals surface area contributed by atoms with E-state index < -0.39 is 64.6 Å². The first kappa shape index (κ1) is 23.8. The third kappa shape index (κ3) is 3.82. The van der Waals surface area contributed by atoms with Gasteiger partial charge in [-0.25, -0.2) is 4.79 Å². The van der Waals surface area contributed by atoms with Gasteiger partial charge in [-0.15, -0.1) is 0 Å². The monoisotopic (exact) mass is 462 g/mol. The molecule has 0 spiro atoms. The van der Waals surface area contributed by atoms with Crippen LogP contribution in [0.1, 0.15) is 30.9 Å². The minimum absolute atomic E-state index is 0.0744. The molecule has 4 unspecified atom stereocenters. The number of hydrogen-bond acceptors (Lipinski definition) is 6. The SMILES string of the molecule is CC(C)OC(=O)C1C(c2ccccc2C(F)(F)F)C(C#N)(C(N)=O)C2C=CC(C(N)=O)=CN12. The first-order valence-corrected chi connectivity index (χ1v) is 9.91. The number of fused-ring (bicyclic) bond motifs is 1. The molecule has 1 fully saturated rings. The molecule has 174 valence electrons. The van der Waals surface area contributed by atoms with Crippen LogP contribution in [0.25, 0.3) is 0 Å².